The number of fused-ring (bicyclic) bond motifs is 1. The second-order valence-electron chi connectivity index (χ2n) is 15.1. The van der Waals surface area contributed by atoms with Gasteiger partial charge in [-0.1, -0.05) is 50.6 Å². The fourth-order valence-electron chi connectivity index (χ4n) is 6.31. The minimum Gasteiger partial charge on any atom is -0.497 e. The molecule has 0 radical (unpaired) electrons. The number of ether oxygens (including phenoxy) is 3. The number of halogens is 1. The highest BCUT2D eigenvalue weighted by Gasteiger charge is 2.61. The number of benzene rings is 2. The number of hydrogen-bond acceptors (Lipinski definition) is 8. The number of aliphatic carboxylic acids is 1. The molecule has 1 unspecified atom stereocenters. The van der Waals surface area contributed by atoms with E-state index in [2.05, 4.69) is 17.2 Å². The summed E-state index contributed by atoms with van der Waals surface area (Å²) in [6, 6.07) is 12.2. The molecule has 272 valence electrons. The van der Waals surface area contributed by atoms with E-state index in [9.17, 15) is 24.3 Å². The average Bonchev–Trinajstić information content (AvgIpc) is 3.61. The van der Waals surface area contributed by atoms with Crippen molar-refractivity contribution in [3.63, 3.8) is 0 Å². The molecule has 1 aromatic heterocycles. The van der Waals surface area contributed by atoms with Crippen molar-refractivity contribution in [3.05, 3.63) is 66.2 Å². The van der Waals surface area contributed by atoms with Crippen LogP contribution in [-0.2, 0) is 19.1 Å². The maximum Gasteiger partial charge on any atom is 0.408 e. The number of pyridine rings is 1. The standard InChI is InChI=1S/C38H45ClN4O8/c1-9-22-19-38(22,34(46)47)42-32(44)29-17-25(20-43(29)33(45)31(36(2,3)4)41-35(48)51-37(5,6)7)50-30-18-27(21-11-10-12-23(39)15-21)40-28-16-24(49-8)13-14-26(28)30/h9-16,18,22,25,29,31H,1,17,19-20H2,2-8H3,(H,41,48)(H,42,44)(H,46,47)/t22-,25+,29-,31+,38?/m0/s1. The number of alkyl carbamates (subject to hydrolysis) is 1. The number of carbonyl (C=O) groups excluding carboxylic acids is 3. The molecule has 0 spiro atoms. The first-order valence-corrected chi connectivity index (χ1v) is 17.1. The van der Waals surface area contributed by atoms with Gasteiger partial charge in [-0.05, 0) is 56.9 Å². The summed E-state index contributed by atoms with van der Waals surface area (Å²) >= 11 is 6.31. The number of hydrogen-bond donors (Lipinski definition) is 3. The third kappa shape index (κ3) is 8.22. The summed E-state index contributed by atoms with van der Waals surface area (Å²) in [5, 5.41) is 16.6. The van der Waals surface area contributed by atoms with Gasteiger partial charge in [-0.3, -0.25) is 9.59 Å². The van der Waals surface area contributed by atoms with E-state index < -0.39 is 64.5 Å². The van der Waals surface area contributed by atoms with Crippen LogP contribution in [0.4, 0.5) is 4.79 Å². The fourth-order valence-corrected chi connectivity index (χ4v) is 6.50. The fraction of sp³-hybridized carbons (Fsp3) is 0.447. The predicted octanol–water partition coefficient (Wildman–Crippen LogP) is 6.00. The number of nitrogens with one attached hydrogen (secondary N) is 2. The van der Waals surface area contributed by atoms with Gasteiger partial charge in [-0.2, -0.15) is 0 Å². The van der Waals surface area contributed by atoms with Crippen LogP contribution in [-0.4, -0.2) is 81.8 Å². The molecule has 1 saturated heterocycles. The predicted molar refractivity (Wildman–Crippen MR) is 193 cm³/mol. The molecule has 5 rings (SSSR count). The first-order valence-electron chi connectivity index (χ1n) is 16.7. The van der Waals surface area contributed by atoms with Gasteiger partial charge in [0.2, 0.25) is 11.8 Å². The van der Waals surface area contributed by atoms with Crippen molar-refractivity contribution in [2.45, 2.75) is 83.7 Å². The van der Waals surface area contributed by atoms with Gasteiger partial charge in [0, 0.05) is 40.4 Å². The van der Waals surface area contributed by atoms with Gasteiger partial charge in [-0.25, -0.2) is 14.6 Å². The molecule has 2 aromatic carbocycles. The van der Waals surface area contributed by atoms with Crippen molar-refractivity contribution < 1.29 is 38.5 Å². The number of carboxylic acids is 1. The lowest BCUT2D eigenvalue weighted by Crippen LogP contribution is -2.59. The van der Waals surface area contributed by atoms with Gasteiger partial charge in [0.05, 0.1) is 24.9 Å². The SMILES string of the molecule is C=C[C@H]1CC1(NC(=O)[C@@H]1C[C@@H](Oc2cc(-c3cccc(Cl)c3)nc3cc(OC)ccc23)CN1C(=O)[C@@H](NC(=O)OC(C)(C)C)C(C)(C)C)C(=O)O. The molecule has 2 fully saturated rings. The molecule has 5 atom stereocenters. The van der Waals surface area contributed by atoms with E-state index >= 15 is 0 Å². The Balaban J connectivity index is 1.52. The lowest BCUT2D eigenvalue weighted by atomic mass is 9.85. The van der Waals surface area contributed by atoms with Crippen molar-refractivity contribution in [1.29, 1.82) is 0 Å². The molecule has 13 heteroatoms. The molecular formula is C38H45ClN4O8. The van der Waals surface area contributed by atoms with E-state index in [-0.39, 0.29) is 19.4 Å². The zero-order valence-corrected chi connectivity index (χ0v) is 30.7. The molecule has 1 saturated carbocycles. The summed E-state index contributed by atoms with van der Waals surface area (Å²) in [5.41, 5.74) is -1.22. The van der Waals surface area contributed by atoms with Crippen molar-refractivity contribution >= 4 is 46.4 Å². The van der Waals surface area contributed by atoms with E-state index in [0.717, 1.165) is 5.56 Å². The van der Waals surface area contributed by atoms with Gasteiger partial charge in [0.15, 0.2) is 0 Å². The summed E-state index contributed by atoms with van der Waals surface area (Å²) in [4.78, 5) is 59.9. The molecule has 0 bridgehead atoms. The van der Waals surface area contributed by atoms with Crippen LogP contribution >= 0.6 is 11.6 Å². The number of methoxy groups -OCH3 is 1. The zero-order chi connectivity index (χ0) is 37.5. The summed E-state index contributed by atoms with van der Waals surface area (Å²) in [6.45, 7) is 14.2. The number of rotatable bonds is 10. The summed E-state index contributed by atoms with van der Waals surface area (Å²) in [6.07, 6.45) is 0.234. The Morgan fingerprint density at radius 2 is 1.82 bits per heavy atom. The topological polar surface area (TPSA) is 156 Å². The maximum absolute atomic E-state index is 14.4. The highest BCUT2D eigenvalue weighted by Crippen LogP contribution is 2.45. The first kappa shape index (κ1) is 37.4. The van der Waals surface area contributed by atoms with Crippen LogP contribution in [0.2, 0.25) is 5.02 Å². The smallest absolute Gasteiger partial charge is 0.408 e. The average molecular weight is 721 g/mol. The molecule has 3 aromatic rings. The van der Waals surface area contributed by atoms with E-state index in [4.69, 9.17) is 30.8 Å². The molecule has 2 heterocycles. The molecule has 1 aliphatic carbocycles. The maximum atomic E-state index is 14.4. The monoisotopic (exact) mass is 720 g/mol. The third-order valence-electron chi connectivity index (χ3n) is 9.04. The van der Waals surface area contributed by atoms with Crippen molar-refractivity contribution in [1.82, 2.24) is 20.5 Å². The molecule has 2 aliphatic rings. The number of likely N-dealkylation sites (tertiary alicyclic amines) is 1. The highest BCUT2D eigenvalue weighted by molar-refractivity contribution is 6.30. The van der Waals surface area contributed by atoms with E-state index in [1.54, 1.807) is 79.0 Å². The Bertz CT molecular complexity index is 1870. The highest BCUT2D eigenvalue weighted by atomic mass is 35.5. The first-order chi connectivity index (χ1) is 23.8. The van der Waals surface area contributed by atoms with Gasteiger partial charge >= 0.3 is 12.1 Å². The van der Waals surface area contributed by atoms with Crippen molar-refractivity contribution in [3.8, 4) is 22.8 Å². The number of nitrogens with zero attached hydrogens (tertiary/aromatic N) is 2. The second kappa shape index (κ2) is 14.1. The van der Waals surface area contributed by atoms with E-state index in [1.165, 1.54) is 11.0 Å². The molecule has 51 heavy (non-hydrogen) atoms. The van der Waals surface area contributed by atoms with Gasteiger partial charge in [-0.15, -0.1) is 6.58 Å². The summed E-state index contributed by atoms with van der Waals surface area (Å²) in [7, 11) is 1.56. The van der Waals surface area contributed by atoms with E-state index in [0.29, 0.717) is 33.1 Å². The molecule has 3 amide bonds. The third-order valence-corrected chi connectivity index (χ3v) is 9.28. The van der Waals surface area contributed by atoms with Crippen LogP contribution in [0.25, 0.3) is 22.2 Å². The van der Waals surface area contributed by atoms with Crippen molar-refractivity contribution in [2.75, 3.05) is 13.7 Å². The largest absolute Gasteiger partial charge is 0.497 e. The van der Waals surface area contributed by atoms with Crippen LogP contribution < -0.4 is 20.1 Å². The number of carbonyl (C=O) groups is 4. The number of aromatic nitrogens is 1. The second-order valence-corrected chi connectivity index (χ2v) is 15.6. The Kier molecular flexibility index (Phi) is 10.3. The Morgan fingerprint density at radius 1 is 1.10 bits per heavy atom. The lowest BCUT2D eigenvalue weighted by Gasteiger charge is -2.35. The molecule has 1 aliphatic heterocycles. The minimum atomic E-state index is -1.52. The molecular weight excluding hydrogens is 676 g/mol. The molecule has 3 N–H and O–H groups in total. The quantitative estimate of drug-likeness (QED) is 0.214. The van der Waals surface area contributed by atoms with Gasteiger partial charge in [0.1, 0.15) is 40.8 Å². The molecule has 12 nitrogen and oxygen atoms in total. The minimum absolute atomic E-state index is 0.0308. The van der Waals surface area contributed by atoms with E-state index in [1.807, 2.05) is 18.2 Å². The number of carboxylic acid groups (broad SMARTS) is 1. The lowest BCUT2D eigenvalue weighted by molar-refractivity contribution is -0.146. The summed E-state index contributed by atoms with van der Waals surface area (Å²) in [5.74, 6) is -1.78. The normalized spacial score (nSPS) is 22.1. The van der Waals surface area contributed by atoms with Crippen molar-refractivity contribution in [2.24, 2.45) is 11.3 Å². The number of amides is 3. The Morgan fingerprint density at radius 3 is 2.41 bits per heavy atom. The Hall–Kier alpha value is -4.84. The van der Waals surface area contributed by atoms with Crippen LogP contribution in [0.5, 0.6) is 11.5 Å². The van der Waals surface area contributed by atoms with Crippen LogP contribution in [0.15, 0.2) is 61.2 Å². The van der Waals surface area contributed by atoms with Crippen LogP contribution in [0.3, 0.4) is 0 Å². The zero-order valence-electron chi connectivity index (χ0n) is 29.9. The van der Waals surface area contributed by atoms with Gasteiger partial charge < -0.3 is 34.9 Å². The van der Waals surface area contributed by atoms with Gasteiger partial charge in [0.25, 0.3) is 0 Å². The Labute approximate surface area is 302 Å². The van der Waals surface area contributed by atoms with Crippen LogP contribution in [0.1, 0.15) is 54.4 Å². The summed E-state index contributed by atoms with van der Waals surface area (Å²) < 4.78 is 17.5. The van der Waals surface area contributed by atoms with Crippen LogP contribution in [0, 0.1) is 11.3 Å².